The molecule has 4 heteroatoms. The van der Waals surface area contributed by atoms with Crippen LogP contribution in [0, 0.1) is 0 Å². The SMILES string of the molecule is CNC(=O)c1cc2c(cn1)COC2C. The Morgan fingerprint density at radius 2 is 2.50 bits per heavy atom. The molecule has 0 spiro atoms. The summed E-state index contributed by atoms with van der Waals surface area (Å²) in [5, 5.41) is 2.55. The minimum Gasteiger partial charge on any atom is -0.369 e. The third-order valence-electron chi connectivity index (χ3n) is 2.41. The number of ether oxygens (including phenoxy) is 1. The van der Waals surface area contributed by atoms with Gasteiger partial charge in [-0.3, -0.25) is 9.78 Å². The van der Waals surface area contributed by atoms with Gasteiger partial charge in [-0.25, -0.2) is 0 Å². The summed E-state index contributed by atoms with van der Waals surface area (Å²) in [5.41, 5.74) is 2.59. The molecule has 2 heterocycles. The monoisotopic (exact) mass is 192 g/mol. The zero-order valence-corrected chi connectivity index (χ0v) is 8.20. The molecule has 0 aliphatic carbocycles. The first-order valence-corrected chi connectivity index (χ1v) is 4.55. The van der Waals surface area contributed by atoms with E-state index in [9.17, 15) is 4.79 Å². The van der Waals surface area contributed by atoms with Crippen LogP contribution in [0.5, 0.6) is 0 Å². The lowest BCUT2D eigenvalue weighted by Gasteiger charge is -2.04. The van der Waals surface area contributed by atoms with Gasteiger partial charge in [-0.1, -0.05) is 0 Å². The fourth-order valence-corrected chi connectivity index (χ4v) is 1.56. The van der Waals surface area contributed by atoms with Crippen molar-refractivity contribution in [3.8, 4) is 0 Å². The van der Waals surface area contributed by atoms with Crippen molar-refractivity contribution < 1.29 is 9.53 Å². The van der Waals surface area contributed by atoms with Gasteiger partial charge in [0.1, 0.15) is 5.69 Å². The lowest BCUT2D eigenvalue weighted by Crippen LogP contribution is -2.19. The summed E-state index contributed by atoms with van der Waals surface area (Å²) in [6, 6.07) is 1.80. The van der Waals surface area contributed by atoms with Crippen molar-refractivity contribution in [2.24, 2.45) is 0 Å². The highest BCUT2D eigenvalue weighted by atomic mass is 16.5. The number of aromatic nitrogens is 1. The maximum Gasteiger partial charge on any atom is 0.269 e. The molecule has 1 atom stereocenters. The van der Waals surface area contributed by atoms with Gasteiger partial charge in [0.25, 0.3) is 5.91 Å². The molecular weight excluding hydrogens is 180 g/mol. The van der Waals surface area contributed by atoms with E-state index in [0.29, 0.717) is 12.3 Å². The standard InChI is InChI=1S/C10H12N2O2/c1-6-8-3-9(10(13)11-2)12-4-7(8)5-14-6/h3-4,6H,5H2,1-2H3,(H,11,13). The van der Waals surface area contributed by atoms with Crippen molar-refractivity contribution in [2.45, 2.75) is 19.6 Å². The van der Waals surface area contributed by atoms with E-state index in [1.54, 1.807) is 19.3 Å². The Morgan fingerprint density at radius 3 is 3.21 bits per heavy atom. The van der Waals surface area contributed by atoms with E-state index in [4.69, 9.17) is 4.74 Å². The van der Waals surface area contributed by atoms with Gasteiger partial charge in [0.15, 0.2) is 0 Å². The van der Waals surface area contributed by atoms with Crippen LogP contribution in [0.4, 0.5) is 0 Å². The van der Waals surface area contributed by atoms with Gasteiger partial charge in [-0.05, 0) is 18.6 Å². The van der Waals surface area contributed by atoms with Crippen LogP contribution in [0.15, 0.2) is 12.3 Å². The smallest absolute Gasteiger partial charge is 0.269 e. The average molecular weight is 192 g/mol. The van der Waals surface area contributed by atoms with Crippen LogP contribution in [0.3, 0.4) is 0 Å². The van der Waals surface area contributed by atoms with Crippen molar-refractivity contribution >= 4 is 5.91 Å². The molecule has 0 radical (unpaired) electrons. The number of nitrogens with one attached hydrogen (secondary N) is 1. The molecule has 0 bridgehead atoms. The van der Waals surface area contributed by atoms with Crippen LogP contribution in [0.25, 0.3) is 0 Å². The number of rotatable bonds is 1. The number of amides is 1. The molecule has 1 unspecified atom stereocenters. The van der Waals surface area contributed by atoms with Crippen LogP contribution in [-0.4, -0.2) is 17.9 Å². The summed E-state index contributed by atoms with van der Waals surface area (Å²) in [5.74, 6) is -0.160. The molecule has 1 aliphatic heterocycles. The van der Waals surface area contributed by atoms with Crippen LogP contribution in [-0.2, 0) is 11.3 Å². The maximum atomic E-state index is 11.3. The second-order valence-electron chi connectivity index (χ2n) is 3.30. The van der Waals surface area contributed by atoms with Gasteiger partial charge in [0, 0.05) is 18.8 Å². The quantitative estimate of drug-likeness (QED) is 0.723. The third-order valence-corrected chi connectivity index (χ3v) is 2.41. The van der Waals surface area contributed by atoms with Crippen molar-refractivity contribution in [1.29, 1.82) is 0 Å². The van der Waals surface area contributed by atoms with Crippen molar-refractivity contribution in [2.75, 3.05) is 7.05 Å². The van der Waals surface area contributed by atoms with E-state index in [1.165, 1.54) is 0 Å². The van der Waals surface area contributed by atoms with Crippen LogP contribution in [0.1, 0.15) is 34.6 Å². The molecule has 1 amide bonds. The summed E-state index contributed by atoms with van der Waals surface area (Å²) < 4.78 is 5.42. The Balaban J connectivity index is 2.39. The Hall–Kier alpha value is -1.42. The molecule has 1 aromatic rings. The Kier molecular flexibility index (Phi) is 2.21. The minimum absolute atomic E-state index is 0.0661. The predicted molar refractivity (Wildman–Crippen MR) is 50.8 cm³/mol. The molecule has 1 aromatic heterocycles. The Labute approximate surface area is 82.3 Å². The number of carbonyl (C=O) groups excluding carboxylic acids is 1. The van der Waals surface area contributed by atoms with Crippen molar-refractivity contribution in [1.82, 2.24) is 10.3 Å². The second-order valence-corrected chi connectivity index (χ2v) is 3.30. The summed E-state index contributed by atoms with van der Waals surface area (Å²) >= 11 is 0. The summed E-state index contributed by atoms with van der Waals surface area (Å²) in [6.45, 7) is 2.57. The second kappa shape index (κ2) is 3.38. The fraction of sp³-hybridized carbons (Fsp3) is 0.400. The van der Waals surface area contributed by atoms with E-state index in [-0.39, 0.29) is 12.0 Å². The van der Waals surface area contributed by atoms with Gasteiger partial charge in [0.2, 0.25) is 0 Å². The number of hydrogen-bond acceptors (Lipinski definition) is 3. The van der Waals surface area contributed by atoms with Crippen molar-refractivity contribution in [3.05, 3.63) is 29.1 Å². The van der Waals surface area contributed by atoms with E-state index in [0.717, 1.165) is 11.1 Å². The summed E-state index contributed by atoms with van der Waals surface area (Å²) in [7, 11) is 1.59. The van der Waals surface area contributed by atoms with Crippen LogP contribution < -0.4 is 5.32 Å². The van der Waals surface area contributed by atoms with Gasteiger partial charge in [0.05, 0.1) is 12.7 Å². The van der Waals surface area contributed by atoms with Crippen LogP contribution in [0.2, 0.25) is 0 Å². The summed E-state index contributed by atoms with van der Waals surface area (Å²) in [4.78, 5) is 15.4. The molecule has 1 aliphatic rings. The van der Waals surface area contributed by atoms with Gasteiger partial charge < -0.3 is 10.1 Å². The van der Waals surface area contributed by atoms with E-state index < -0.39 is 0 Å². The summed E-state index contributed by atoms with van der Waals surface area (Å²) in [6.07, 6.45) is 1.78. The number of nitrogens with zero attached hydrogens (tertiary/aromatic N) is 1. The van der Waals surface area contributed by atoms with E-state index in [2.05, 4.69) is 10.3 Å². The zero-order chi connectivity index (χ0) is 10.1. The predicted octanol–water partition coefficient (Wildman–Crippen LogP) is 1.03. The number of pyridine rings is 1. The van der Waals surface area contributed by atoms with Crippen molar-refractivity contribution in [3.63, 3.8) is 0 Å². The molecule has 0 saturated heterocycles. The first kappa shape index (κ1) is 9.15. The molecule has 4 nitrogen and oxygen atoms in total. The third kappa shape index (κ3) is 1.37. The normalized spacial score (nSPS) is 19.1. The molecular formula is C10H12N2O2. The minimum atomic E-state index is -0.160. The highest BCUT2D eigenvalue weighted by molar-refractivity contribution is 5.92. The zero-order valence-electron chi connectivity index (χ0n) is 8.20. The van der Waals surface area contributed by atoms with E-state index >= 15 is 0 Å². The number of carbonyl (C=O) groups is 1. The molecule has 74 valence electrons. The first-order chi connectivity index (χ1) is 6.72. The first-order valence-electron chi connectivity index (χ1n) is 4.55. The van der Waals surface area contributed by atoms with Crippen LogP contribution >= 0.6 is 0 Å². The maximum absolute atomic E-state index is 11.3. The fourth-order valence-electron chi connectivity index (χ4n) is 1.56. The number of fused-ring (bicyclic) bond motifs is 1. The lowest BCUT2D eigenvalue weighted by atomic mass is 10.1. The van der Waals surface area contributed by atoms with Gasteiger partial charge in [-0.2, -0.15) is 0 Å². The topological polar surface area (TPSA) is 51.2 Å². The Bertz CT molecular complexity index is 376. The highest BCUT2D eigenvalue weighted by Crippen LogP contribution is 2.29. The van der Waals surface area contributed by atoms with E-state index in [1.807, 2.05) is 6.92 Å². The highest BCUT2D eigenvalue weighted by Gasteiger charge is 2.21. The Morgan fingerprint density at radius 1 is 1.71 bits per heavy atom. The molecule has 1 N–H and O–H groups in total. The average Bonchev–Trinajstić information content (AvgIpc) is 2.59. The lowest BCUT2D eigenvalue weighted by molar-refractivity contribution is 0.0796. The van der Waals surface area contributed by atoms with Gasteiger partial charge in [-0.15, -0.1) is 0 Å². The van der Waals surface area contributed by atoms with Gasteiger partial charge >= 0.3 is 0 Å². The largest absolute Gasteiger partial charge is 0.369 e. The molecule has 0 aromatic carbocycles. The molecule has 2 rings (SSSR count). The molecule has 0 saturated carbocycles. The molecule has 14 heavy (non-hydrogen) atoms. The number of hydrogen-bond donors (Lipinski definition) is 1. The molecule has 0 fully saturated rings.